The minimum Gasteiger partial charge on any atom is -0.299 e. The standard InChI is InChI=1S/C15H8ClF2NO2/c16-10-5-2-4-9-13(10)19(15(21)14(9)20)7-8-3-1-6-11(17)12(8)18/h1-6H,7H2. The third-order valence-corrected chi connectivity index (χ3v) is 3.61. The molecular weight excluding hydrogens is 300 g/mol. The molecule has 1 aliphatic rings. The van der Waals surface area contributed by atoms with Gasteiger partial charge in [0, 0.05) is 5.56 Å². The van der Waals surface area contributed by atoms with E-state index in [9.17, 15) is 18.4 Å². The molecule has 2 aromatic rings. The van der Waals surface area contributed by atoms with Gasteiger partial charge in [0.2, 0.25) is 0 Å². The predicted molar refractivity (Wildman–Crippen MR) is 73.3 cm³/mol. The fourth-order valence-corrected chi connectivity index (χ4v) is 2.58. The molecule has 0 saturated heterocycles. The Hall–Kier alpha value is -2.27. The first kappa shape index (κ1) is 13.7. The third-order valence-electron chi connectivity index (χ3n) is 3.30. The zero-order valence-electron chi connectivity index (χ0n) is 10.6. The van der Waals surface area contributed by atoms with Crippen LogP contribution in [0, 0.1) is 11.6 Å². The molecule has 0 bridgehead atoms. The number of benzene rings is 2. The van der Waals surface area contributed by atoms with Gasteiger partial charge in [-0.3, -0.25) is 14.5 Å². The summed E-state index contributed by atoms with van der Waals surface area (Å²) in [5.74, 6) is -3.56. The van der Waals surface area contributed by atoms with E-state index in [2.05, 4.69) is 0 Å². The second-order valence-corrected chi connectivity index (χ2v) is 4.98. The normalized spacial score (nSPS) is 13.8. The maximum Gasteiger partial charge on any atom is 0.299 e. The molecule has 1 aliphatic heterocycles. The Kier molecular flexibility index (Phi) is 3.22. The van der Waals surface area contributed by atoms with Crippen LogP contribution in [0.3, 0.4) is 0 Å². The molecule has 3 nitrogen and oxygen atoms in total. The number of hydrogen-bond donors (Lipinski definition) is 0. The molecule has 3 rings (SSSR count). The Morgan fingerprint density at radius 3 is 2.52 bits per heavy atom. The summed E-state index contributed by atoms with van der Waals surface area (Å²) in [6.45, 7) is -0.259. The van der Waals surface area contributed by atoms with E-state index in [0.717, 1.165) is 11.0 Å². The van der Waals surface area contributed by atoms with Crippen molar-refractivity contribution in [1.82, 2.24) is 0 Å². The fourth-order valence-electron chi connectivity index (χ4n) is 2.30. The van der Waals surface area contributed by atoms with Gasteiger partial charge in [0.1, 0.15) is 0 Å². The molecule has 0 aliphatic carbocycles. The van der Waals surface area contributed by atoms with Crippen LogP contribution in [0.1, 0.15) is 15.9 Å². The van der Waals surface area contributed by atoms with Crippen molar-refractivity contribution in [3.8, 4) is 0 Å². The lowest BCUT2D eigenvalue weighted by Crippen LogP contribution is -2.29. The molecule has 1 amide bonds. The van der Waals surface area contributed by atoms with E-state index in [4.69, 9.17) is 11.6 Å². The smallest absolute Gasteiger partial charge is 0.299 e. The first-order valence-electron chi connectivity index (χ1n) is 6.08. The Balaban J connectivity index is 2.07. The zero-order chi connectivity index (χ0) is 15.1. The lowest BCUT2D eigenvalue weighted by atomic mass is 10.1. The van der Waals surface area contributed by atoms with E-state index in [1.54, 1.807) is 6.07 Å². The highest BCUT2D eigenvalue weighted by Crippen LogP contribution is 2.36. The molecule has 2 aromatic carbocycles. The van der Waals surface area contributed by atoms with Crippen molar-refractivity contribution < 1.29 is 18.4 Å². The quantitative estimate of drug-likeness (QED) is 0.798. The predicted octanol–water partition coefficient (Wildman–Crippen LogP) is 3.35. The second-order valence-electron chi connectivity index (χ2n) is 4.57. The van der Waals surface area contributed by atoms with Crippen molar-refractivity contribution >= 4 is 29.0 Å². The number of halogens is 3. The van der Waals surface area contributed by atoms with Gasteiger partial charge in [-0.25, -0.2) is 8.78 Å². The number of nitrogens with zero attached hydrogens (tertiary/aromatic N) is 1. The highest BCUT2D eigenvalue weighted by Gasteiger charge is 2.37. The van der Waals surface area contributed by atoms with Crippen molar-refractivity contribution in [3.05, 3.63) is 64.2 Å². The van der Waals surface area contributed by atoms with Crippen LogP contribution >= 0.6 is 11.6 Å². The number of rotatable bonds is 2. The molecule has 0 saturated carbocycles. The molecule has 0 spiro atoms. The van der Waals surface area contributed by atoms with E-state index >= 15 is 0 Å². The molecule has 6 heteroatoms. The van der Waals surface area contributed by atoms with E-state index < -0.39 is 23.3 Å². The van der Waals surface area contributed by atoms with Crippen LogP contribution in [-0.4, -0.2) is 11.7 Å². The number of carbonyl (C=O) groups excluding carboxylic acids is 2. The largest absolute Gasteiger partial charge is 0.299 e. The van der Waals surface area contributed by atoms with Crippen LogP contribution < -0.4 is 4.90 Å². The SMILES string of the molecule is O=C1C(=O)N(Cc2cccc(F)c2F)c2c(Cl)cccc21. The monoisotopic (exact) mass is 307 g/mol. The summed E-state index contributed by atoms with van der Waals surface area (Å²) in [6, 6.07) is 8.23. The van der Waals surface area contributed by atoms with Gasteiger partial charge in [-0.2, -0.15) is 0 Å². The number of amides is 1. The van der Waals surface area contributed by atoms with Gasteiger partial charge >= 0.3 is 0 Å². The van der Waals surface area contributed by atoms with Crippen LogP contribution in [0.25, 0.3) is 0 Å². The number of ketones is 1. The number of anilines is 1. The first-order chi connectivity index (χ1) is 10.0. The average molecular weight is 308 g/mol. The summed E-state index contributed by atoms with van der Waals surface area (Å²) >= 11 is 6.02. The number of para-hydroxylation sites is 1. The second kappa shape index (κ2) is 4.93. The number of carbonyl (C=O) groups is 2. The summed E-state index contributed by atoms with van der Waals surface area (Å²) in [5, 5.41) is 0.212. The highest BCUT2D eigenvalue weighted by molar-refractivity contribution is 6.54. The number of Topliss-reactive ketones (excluding diaryl/α,β-unsaturated/α-hetero) is 1. The van der Waals surface area contributed by atoms with Crippen molar-refractivity contribution in [2.24, 2.45) is 0 Å². The number of fused-ring (bicyclic) bond motifs is 1. The van der Waals surface area contributed by atoms with Crippen LogP contribution in [0.4, 0.5) is 14.5 Å². The summed E-state index contributed by atoms with van der Waals surface area (Å²) < 4.78 is 27.0. The topological polar surface area (TPSA) is 37.4 Å². The zero-order valence-corrected chi connectivity index (χ0v) is 11.3. The third kappa shape index (κ3) is 2.10. The lowest BCUT2D eigenvalue weighted by Gasteiger charge is -2.18. The summed E-state index contributed by atoms with van der Waals surface area (Å²) in [7, 11) is 0. The fraction of sp³-hybridized carbons (Fsp3) is 0.0667. The van der Waals surface area contributed by atoms with Gasteiger partial charge in [-0.1, -0.05) is 29.8 Å². The minimum absolute atomic E-state index is 0.0241. The molecule has 0 unspecified atom stereocenters. The average Bonchev–Trinajstić information content (AvgIpc) is 2.70. The maximum absolute atomic E-state index is 13.7. The summed E-state index contributed by atoms with van der Waals surface area (Å²) in [5.41, 5.74) is 0.381. The summed E-state index contributed by atoms with van der Waals surface area (Å²) in [6.07, 6.45) is 0. The number of hydrogen-bond acceptors (Lipinski definition) is 2. The Labute approximate surface area is 123 Å². The lowest BCUT2D eigenvalue weighted by molar-refractivity contribution is -0.114. The van der Waals surface area contributed by atoms with Crippen molar-refractivity contribution in [1.29, 1.82) is 0 Å². The molecule has 0 radical (unpaired) electrons. The molecule has 1 heterocycles. The van der Waals surface area contributed by atoms with Gasteiger partial charge < -0.3 is 0 Å². The van der Waals surface area contributed by atoms with E-state index in [1.807, 2.05) is 0 Å². The molecular formula is C15H8ClF2NO2. The van der Waals surface area contributed by atoms with Crippen LogP contribution in [0.15, 0.2) is 36.4 Å². The van der Waals surface area contributed by atoms with Crippen LogP contribution in [0.2, 0.25) is 5.02 Å². The van der Waals surface area contributed by atoms with E-state index in [-0.39, 0.29) is 28.4 Å². The van der Waals surface area contributed by atoms with Gasteiger partial charge in [-0.05, 0) is 18.2 Å². The van der Waals surface area contributed by atoms with Gasteiger partial charge in [-0.15, -0.1) is 0 Å². The van der Waals surface area contributed by atoms with E-state index in [1.165, 1.54) is 24.3 Å². The molecule has 0 N–H and O–H groups in total. The van der Waals surface area contributed by atoms with E-state index in [0.29, 0.717) is 0 Å². The highest BCUT2D eigenvalue weighted by atomic mass is 35.5. The Morgan fingerprint density at radius 1 is 1.05 bits per heavy atom. The molecule has 21 heavy (non-hydrogen) atoms. The minimum atomic E-state index is -1.04. The molecule has 0 atom stereocenters. The Morgan fingerprint density at radius 2 is 1.76 bits per heavy atom. The van der Waals surface area contributed by atoms with Crippen LogP contribution in [-0.2, 0) is 11.3 Å². The van der Waals surface area contributed by atoms with Crippen molar-refractivity contribution in [3.63, 3.8) is 0 Å². The maximum atomic E-state index is 13.7. The Bertz CT molecular complexity index is 776. The summed E-state index contributed by atoms with van der Waals surface area (Å²) in [4.78, 5) is 25.0. The molecule has 0 aromatic heterocycles. The van der Waals surface area contributed by atoms with Gasteiger partial charge in [0.15, 0.2) is 11.6 Å². The van der Waals surface area contributed by atoms with Gasteiger partial charge in [0.25, 0.3) is 11.7 Å². The van der Waals surface area contributed by atoms with Crippen molar-refractivity contribution in [2.45, 2.75) is 6.54 Å². The molecule has 106 valence electrons. The van der Waals surface area contributed by atoms with Gasteiger partial charge in [0.05, 0.1) is 22.8 Å². The van der Waals surface area contributed by atoms with Crippen molar-refractivity contribution in [2.75, 3.05) is 4.90 Å². The van der Waals surface area contributed by atoms with Crippen LogP contribution in [0.5, 0.6) is 0 Å². The molecule has 0 fully saturated rings. The first-order valence-corrected chi connectivity index (χ1v) is 6.46.